The van der Waals surface area contributed by atoms with Gasteiger partial charge in [-0.15, -0.1) is 0 Å². The molecule has 82 valence electrons. The van der Waals surface area contributed by atoms with E-state index < -0.39 is 0 Å². The zero-order chi connectivity index (χ0) is 11.8. The van der Waals surface area contributed by atoms with E-state index >= 15 is 0 Å². The van der Waals surface area contributed by atoms with Crippen molar-refractivity contribution in [1.82, 2.24) is 5.32 Å². The Hall–Kier alpha value is -1.79. The lowest BCUT2D eigenvalue weighted by Gasteiger charge is -1.98. The minimum Gasteiger partial charge on any atom is -0.277 e. The average Bonchev–Trinajstić information content (AvgIpc) is 2.28. The first-order chi connectivity index (χ1) is 7.77. The molecule has 0 heterocycles. The normalized spacial score (nSPS) is 11.4. The summed E-state index contributed by atoms with van der Waals surface area (Å²) < 4.78 is 0. The van der Waals surface area contributed by atoms with Crippen LogP contribution in [0.4, 0.5) is 0 Å². The number of hydrogen-bond acceptors (Lipinski definition) is 2. The molecule has 1 N–H and O–H groups in total. The van der Waals surface area contributed by atoms with E-state index in [-0.39, 0.29) is 0 Å². The minimum absolute atomic E-state index is 0.532. The van der Waals surface area contributed by atoms with Crippen LogP contribution in [0, 0.1) is 11.5 Å². The molecule has 0 fully saturated rings. The van der Waals surface area contributed by atoms with Crippen LogP contribution in [-0.2, 0) is 0 Å². The average molecular weight is 234 g/mol. The summed E-state index contributed by atoms with van der Waals surface area (Å²) in [6.07, 6.45) is 5.39. The molecule has 0 aromatic heterocycles. The number of aliphatic imine (C=N–C) groups is 1. The number of hydrogen-bond donors (Lipinski definition) is 1. The van der Waals surface area contributed by atoms with Gasteiger partial charge in [0.25, 0.3) is 0 Å². The van der Waals surface area contributed by atoms with E-state index in [0.717, 1.165) is 5.56 Å². The number of nitrogens with zero attached hydrogens (tertiary/aromatic N) is 2. The Balaban J connectivity index is 2.83. The second kappa shape index (κ2) is 6.65. The Labute approximate surface area is 100 Å². The molecule has 0 aliphatic rings. The molecule has 1 aromatic carbocycles. The van der Waals surface area contributed by atoms with Gasteiger partial charge in [0, 0.05) is 11.6 Å². The highest BCUT2D eigenvalue weighted by molar-refractivity contribution is 6.32. The van der Waals surface area contributed by atoms with Crippen LogP contribution >= 0.6 is 11.6 Å². The molecule has 1 aromatic rings. The summed E-state index contributed by atoms with van der Waals surface area (Å²) in [5.74, 6) is 0.532. The van der Waals surface area contributed by atoms with Crippen molar-refractivity contribution < 1.29 is 0 Å². The Kier molecular flexibility index (Phi) is 5.10. The second-order valence-electron chi connectivity index (χ2n) is 2.95. The number of rotatable bonds is 3. The van der Waals surface area contributed by atoms with Gasteiger partial charge in [-0.1, -0.05) is 29.8 Å². The maximum absolute atomic E-state index is 8.51. The molecule has 4 heteroatoms. The van der Waals surface area contributed by atoms with Gasteiger partial charge >= 0.3 is 0 Å². The topological polar surface area (TPSA) is 48.2 Å². The van der Waals surface area contributed by atoms with E-state index in [0.29, 0.717) is 17.4 Å². The molecular weight excluding hydrogens is 222 g/mol. The zero-order valence-electron chi connectivity index (χ0n) is 8.94. The van der Waals surface area contributed by atoms with E-state index in [4.69, 9.17) is 16.9 Å². The van der Waals surface area contributed by atoms with Gasteiger partial charge in [0.15, 0.2) is 6.19 Å². The van der Waals surface area contributed by atoms with Crippen molar-refractivity contribution in [2.45, 2.75) is 6.92 Å². The predicted molar refractivity (Wildman–Crippen MR) is 67.2 cm³/mol. The quantitative estimate of drug-likeness (QED) is 0.378. The van der Waals surface area contributed by atoms with E-state index in [9.17, 15) is 0 Å². The van der Waals surface area contributed by atoms with Gasteiger partial charge in [-0.2, -0.15) is 5.26 Å². The summed E-state index contributed by atoms with van der Waals surface area (Å²) in [5.41, 5.74) is 0.896. The molecule has 0 aliphatic heterocycles. The maximum Gasteiger partial charge on any atom is 0.182 e. The monoisotopic (exact) mass is 233 g/mol. The third-order valence-corrected chi connectivity index (χ3v) is 2.18. The molecule has 0 aliphatic carbocycles. The van der Waals surface area contributed by atoms with Crippen LogP contribution in [0.2, 0.25) is 5.02 Å². The summed E-state index contributed by atoms with van der Waals surface area (Å²) in [6, 6.07) is 7.48. The molecule has 0 radical (unpaired) electrons. The van der Waals surface area contributed by atoms with Gasteiger partial charge in [-0.25, -0.2) is 0 Å². The highest BCUT2D eigenvalue weighted by Crippen LogP contribution is 2.15. The van der Waals surface area contributed by atoms with Crippen molar-refractivity contribution in [2.75, 3.05) is 6.54 Å². The molecule has 0 saturated heterocycles. The number of halogens is 1. The summed E-state index contributed by atoms with van der Waals surface area (Å²) in [5, 5.41) is 11.7. The summed E-state index contributed by atoms with van der Waals surface area (Å²) in [7, 11) is 0. The van der Waals surface area contributed by atoms with Gasteiger partial charge in [0.1, 0.15) is 5.84 Å². The fraction of sp³-hybridized carbons (Fsp3) is 0.167. The van der Waals surface area contributed by atoms with Crippen LogP contribution in [0.1, 0.15) is 12.5 Å². The first kappa shape index (κ1) is 12.3. The van der Waals surface area contributed by atoms with Crippen molar-refractivity contribution in [3.8, 4) is 6.19 Å². The Morgan fingerprint density at radius 2 is 2.31 bits per heavy atom. The molecule has 3 nitrogen and oxygen atoms in total. The van der Waals surface area contributed by atoms with Gasteiger partial charge in [0.2, 0.25) is 0 Å². The fourth-order valence-electron chi connectivity index (χ4n) is 1.14. The van der Waals surface area contributed by atoms with Crippen LogP contribution in [0.15, 0.2) is 35.3 Å². The predicted octanol–water partition coefficient (Wildman–Crippen LogP) is 2.84. The number of amidine groups is 1. The largest absolute Gasteiger partial charge is 0.277 e. The zero-order valence-corrected chi connectivity index (χ0v) is 9.70. The smallest absolute Gasteiger partial charge is 0.182 e. The summed E-state index contributed by atoms with van der Waals surface area (Å²) >= 11 is 5.99. The van der Waals surface area contributed by atoms with Crippen molar-refractivity contribution in [2.24, 2.45) is 4.99 Å². The molecule has 0 spiro atoms. The molecule has 0 saturated carbocycles. The first-order valence-electron chi connectivity index (χ1n) is 4.90. The SMILES string of the molecule is CCN=C(/C=C/c1ccccc1Cl)NC#N. The lowest BCUT2D eigenvalue weighted by Crippen LogP contribution is -2.14. The van der Waals surface area contributed by atoms with E-state index in [2.05, 4.69) is 10.3 Å². The lowest BCUT2D eigenvalue weighted by atomic mass is 10.2. The first-order valence-corrected chi connectivity index (χ1v) is 5.28. The van der Waals surface area contributed by atoms with Crippen molar-refractivity contribution in [1.29, 1.82) is 5.26 Å². The number of nitriles is 1. The van der Waals surface area contributed by atoms with Gasteiger partial charge in [0.05, 0.1) is 0 Å². The fourth-order valence-corrected chi connectivity index (χ4v) is 1.34. The third-order valence-electron chi connectivity index (χ3n) is 1.84. The molecule has 0 bridgehead atoms. The molecule has 0 unspecified atom stereocenters. The van der Waals surface area contributed by atoms with Crippen molar-refractivity contribution in [3.05, 3.63) is 40.9 Å². The van der Waals surface area contributed by atoms with E-state index in [1.54, 1.807) is 6.08 Å². The minimum atomic E-state index is 0.532. The van der Waals surface area contributed by atoms with Crippen LogP contribution in [0.5, 0.6) is 0 Å². The molecule has 0 atom stereocenters. The van der Waals surface area contributed by atoms with Gasteiger partial charge in [-0.3, -0.25) is 10.3 Å². The Morgan fingerprint density at radius 3 is 2.94 bits per heavy atom. The molecular formula is C12H12ClN3. The standard InChI is InChI=1S/C12H12ClN3/c1-2-15-12(16-9-14)8-7-10-5-3-4-6-11(10)13/h3-8H,2H2,1H3,(H,15,16)/b8-7+. The molecule has 0 amide bonds. The summed E-state index contributed by atoms with van der Waals surface area (Å²) in [6.45, 7) is 2.53. The van der Waals surface area contributed by atoms with Crippen LogP contribution in [-0.4, -0.2) is 12.4 Å². The van der Waals surface area contributed by atoms with Crippen LogP contribution < -0.4 is 5.32 Å². The highest BCUT2D eigenvalue weighted by atomic mass is 35.5. The number of nitrogens with one attached hydrogen (secondary N) is 1. The van der Waals surface area contributed by atoms with Crippen molar-refractivity contribution >= 4 is 23.5 Å². The van der Waals surface area contributed by atoms with E-state index in [1.807, 2.05) is 43.5 Å². The van der Waals surface area contributed by atoms with Gasteiger partial charge in [-0.05, 0) is 30.7 Å². The maximum atomic E-state index is 8.51. The van der Waals surface area contributed by atoms with Crippen molar-refractivity contribution in [3.63, 3.8) is 0 Å². The number of benzene rings is 1. The molecule has 1 rings (SSSR count). The molecule has 16 heavy (non-hydrogen) atoms. The third kappa shape index (κ3) is 3.76. The Morgan fingerprint density at radius 1 is 1.56 bits per heavy atom. The van der Waals surface area contributed by atoms with Gasteiger partial charge < -0.3 is 0 Å². The van der Waals surface area contributed by atoms with E-state index in [1.165, 1.54) is 0 Å². The van der Waals surface area contributed by atoms with Crippen LogP contribution in [0.25, 0.3) is 6.08 Å². The summed E-state index contributed by atoms with van der Waals surface area (Å²) in [4.78, 5) is 4.11. The lowest BCUT2D eigenvalue weighted by molar-refractivity contribution is 1.10. The van der Waals surface area contributed by atoms with Crippen LogP contribution in [0.3, 0.4) is 0 Å². The second-order valence-corrected chi connectivity index (χ2v) is 3.36. The Bertz CT molecular complexity index is 444. The highest BCUT2D eigenvalue weighted by Gasteiger charge is 1.95.